The first-order chi connectivity index (χ1) is 11.6. The third-order valence-corrected chi connectivity index (χ3v) is 5.34. The molecule has 0 radical (unpaired) electrons. The molecule has 0 aliphatic carbocycles. The van der Waals surface area contributed by atoms with Crippen molar-refractivity contribution in [3.8, 4) is 0 Å². The molecule has 2 aromatic carbocycles. The number of hydrogen-bond donors (Lipinski definition) is 1. The van der Waals surface area contributed by atoms with Gasteiger partial charge in [0.1, 0.15) is 0 Å². The molecule has 2 rings (SSSR count). The van der Waals surface area contributed by atoms with E-state index in [0.717, 1.165) is 27.4 Å². The Morgan fingerprint density at radius 3 is 2.36 bits per heavy atom. The van der Waals surface area contributed by atoms with E-state index in [1.54, 1.807) is 24.3 Å². The van der Waals surface area contributed by atoms with Gasteiger partial charge < -0.3 is 5.32 Å². The minimum atomic E-state index is -3.38. The van der Waals surface area contributed by atoms with Gasteiger partial charge in [-0.05, 0) is 42.2 Å². The zero-order valence-corrected chi connectivity index (χ0v) is 16.0. The van der Waals surface area contributed by atoms with E-state index in [-0.39, 0.29) is 11.8 Å². The second-order valence-electron chi connectivity index (χ2n) is 6.43. The Morgan fingerprint density at radius 1 is 1.12 bits per heavy atom. The summed E-state index contributed by atoms with van der Waals surface area (Å²) in [5.41, 5.74) is 3.72. The molecule has 6 heteroatoms. The molecule has 25 heavy (non-hydrogen) atoms. The molecule has 0 heterocycles. The number of aryl methyl sites for hydroxylation is 1. The summed E-state index contributed by atoms with van der Waals surface area (Å²) in [6.07, 6.45) is 1.13. The third kappa shape index (κ3) is 4.39. The Bertz CT molecular complexity index is 889. The molecule has 0 aromatic heterocycles. The molecular weight excluding hydrogens is 336 g/mol. The van der Waals surface area contributed by atoms with Gasteiger partial charge in [0, 0.05) is 18.3 Å². The van der Waals surface area contributed by atoms with Crippen molar-refractivity contribution in [2.75, 3.05) is 22.9 Å². The molecule has 0 saturated carbocycles. The zero-order valence-electron chi connectivity index (χ0n) is 15.2. The summed E-state index contributed by atoms with van der Waals surface area (Å²) in [6, 6.07) is 12.5. The number of para-hydroxylation sites is 1. The molecule has 0 aliphatic heterocycles. The van der Waals surface area contributed by atoms with Crippen molar-refractivity contribution in [2.24, 2.45) is 0 Å². The predicted molar refractivity (Wildman–Crippen MR) is 103 cm³/mol. The lowest BCUT2D eigenvalue weighted by Crippen LogP contribution is -2.25. The number of anilines is 2. The minimum absolute atomic E-state index is 0.264. The first-order valence-corrected chi connectivity index (χ1v) is 9.91. The van der Waals surface area contributed by atoms with Crippen LogP contribution in [0.1, 0.15) is 41.3 Å². The topological polar surface area (TPSA) is 66.5 Å². The van der Waals surface area contributed by atoms with Crippen LogP contribution in [0.5, 0.6) is 0 Å². The van der Waals surface area contributed by atoms with Gasteiger partial charge in [0.05, 0.1) is 11.9 Å². The number of nitrogens with one attached hydrogen (secondary N) is 1. The fourth-order valence-electron chi connectivity index (χ4n) is 2.56. The minimum Gasteiger partial charge on any atom is -0.321 e. The van der Waals surface area contributed by atoms with E-state index in [4.69, 9.17) is 0 Å². The highest BCUT2D eigenvalue weighted by Crippen LogP contribution is 2.28. The van der Waals surface area contributed by atoms with Crippen molar-refractivity contribution in [3.05, 3.63) is 59.2 Å². The van der Waals surface area contributed by atoms with Gasteiger partial charge in [-0.3, -0.25) is 9.10 Å². The summed E-state index contributed by atoms with van der Waals surface area (Å²) >= 11 is 0. The summed E-state index contributed by atoms with van der Waals surface area (Å²) in [5, 5.41) is 2.97. The van der Waals surface area contributed by atoms with E-state index in [0.29, 0.717) is 11.3 Å². The van der Waals surface area contributed by atoms with E-state index >= 15 is 0 Å². The SMILES string of the molecule is Cc1cccc(C(C)C)c1NC(=O)c1cccc(N(C)S(C)(=O)=O)c1. The first kappa shape index (κ1) is 19.0. The van der Waals surface area contributed by atoms with Crippen LogP contribution in [-0.2, 0) is 10.0 Å². The van der Waals surface area contributed by atoms with Gasteiger partial charge in [0.25, 0.3) is 5.91 Å². The Labute approximate surface area is 149 Å². The quantitative estimate of drug-likeness (QED) is 0.883. The summed E-state index contributed by atoms with van der Waals surface area (Å²) in [4.78, 5) is 12.7. The molecule has 2 aromatic rings. The summed E-state index contributed by atoms with van der Waals surface area (Å²) in [6.45, 7) is 6.10. The Hall–Kier alpha value is -2.34. The standard InChI is InChI=1S/C19H24N2O3S/c1-13(2)17-11-6-8-14(3)18(17)20-19(22)15-9-7-10-16(12-15)21(4)25(5,23)24/h6-13H,1-5H3,(H,20,22). The Balaban J connectivity index is 2.35. The Kier molecular flexibility index (Phi) is 5.52. The van der Waals surface area contributed by atoms with Crippen LogP contribution in [0.3, 0.4) is 0 Å². The largest absolute Gasteiger partial charge is 0.321 e. The van der Waals surface area contributed by atoms with Crippen LogP contribution in [0.4, 0.5) is 11.4 Å². The van der Waals surface area contributed by atoms with Gasteiger partial charge in [0.15, 0.2) is 0 Å². The van der Waals surface area contributed by atoms with Crippen molar-refractivity contribution in [1.29, 1.82) is 0 Å². The fourth-order valence-corrected chi connectivity index (χ4v) is 3.06. The van der Waals surface area contributed by atoms with E-state index in [2.05, 4.69) is 19.2 Å². The van der Waals surface area contributed by atoms with Crippen molar-refractivity contribution < 1.29 is 13.2 Å². The molecule has 0 unspecified atom stereocenters. The molecule has 1 N–H and O–H groups in total. The molecule has 134 valence electrons. The molecule has 0 fully saturated rings. The first-order valence-electron chi connectivity index (χ1n) is 8.06. The van der Waals surface area contributed by atoms with Crippen molar-refractivity contribution >= 4 is 27.3 Å². The van der Waals surface area contributed by atoms with Crippen LogP contribution in [0.15, 0.2) is 42.5 Å². The highest BCUT2D eigenvalue weighted by atomic mass is 32.2. The van der Waals surface area contributed by atoms with Gasteiger partial charge in [-0.2, -0.15) is 0 Å². The van der Waals surface area contributed by atoms with Crippen molar-refractivity contribution in [2.45, 2.75) is 26.7 Å². The zero-order chi connectivity index (χ0) is 18.8. The average molecular weight is 360 g/mol. The highest BCUT2D eigenvalue weighted by Gasteiger charge is 2.16. The summed E-state index contributed by atoms with van der Waals surface area (Å²) < 4.78 is 24.5. The average Bonchev–Trinajstić information content (AvgIpc) is 2.55. The van der Waals surface area contributed by atoms with Gasteiger partial charge in [-0.25, -0.2) is 8.42 Å². The normalized spacial score (nSPS) is 11.4. The highest BCUT2D eigenvalue weighted by molar-refractivity contribution is 7.92. The maximum Gasteiger partial charge on any atom is 0.255 e. The molecule has 1 amide bonds. The van der Waals surface area contributed by atoms with Crippen LogP contribution >= 0.6 is 0 Å². The second kappa shape index (κ2) is 7.27. The lowest BCUT2D eigenvalue weighted by atomic mass is 9.98. The molecule has 5 nitrogen and oxygen atoms in total. The number of carbonyl (C=O) groups excluding carboxylic acids is 1. The number of amides is 1. The smallest absolute Gasteiger partial charge is 0.255 e. The van der Waals surface area contributed by atoms with Gasteiger partial charge in [0.2, 0.25) is 10.0 Å². The monoisotopic (exact) mass is 360 g/mol. The predicted octanol–water partition coefficient (Wildman–Crippen LogP) is 3.77. The van der Waals surface area contributed by atoms with Crippen LogP contribution in [0, 0.1) is 6.92 Å². The third-order valence-electron chi connectivity index (χ3n) is 4.13. The van der Waals surface area contributed by atoms with Gasteiger partial charge in [-0.1, -0.05) is 38.1 Å². The number of sulfonamides is 1. The van der Waals surface area contributed by atoms with E-state index in [1.165, 1.54) is 7.05 Å². The van der Waals surface area contributed by atoms with Crippen LogP contribution in [-0.4, -0.2) is 27.6 Å². The van der Waals surface area contributed by atoms with Crippen molar-refractivity contribution in [3.63, 3.8) is 0 Å². The number of benzene rings is 2. The molecule has 0 saturated heterocycles. The van der Waals surface area contributed by atoms with E-state index in [1.807, 2.05) is 25.1 Å². The van der Waals surface area contributed by atoms with E-state index in [9.17, 15) is 13.2 Å². The fraction of sp³-hybridized carbons (Fsp3) is 0.316. The number of rotatable bonds is 5. The molecule has 0 aliphatic rings. The van der Waals surface area contributed by atoms with Crippen LogP contribution < -0.4 is 9.62 Å². The maximum atomic E-state index is 12.7. The number of carbonyl (C=O) groups is 1. The van der Waals surface area contributed by atoms with Crippen LogP contribution in [0.2, 0.25) is 0 Å². The van der Waals surface area contributed by atoms with E-state index < -0.39 is 10.0 Å². The maximum absolute atomic E-state index is 12.7. The molecule has 0 spiro atoms. The number of nitrogens with zero attached hydrogens (tertiary/aromatic N) is 1. The second-order valence-corrected chi connectivity index (χ2v) is 8.44. The lowest BCUT2D eigenvalue weighted by molar-refractivity contribution is 0.102. The van der Waals surface area contributed by atoms with Gasteiger partial charge >= 0.3 is 0 Å². The summed E-state index contributed by atoms with van der Waals surface area (Å²) in [7, 11) is -1.92. The Morgan fingerprint density at radius 2 is 1.76 bits per heavy atom. The molecular formula is C19H24N2O3S. The molecule has 0 bridgehead atoms. The summed E-state index contributed by atoms with van der Waals surface area (Å²) in [5.74, 6) is 0.0119. The number of hydrogen-bond acceptors (Lipinski definition) is 3. The van der Waals surface area contributed by atoms with Gasteiger partial charge in [-0.15, -0.1) is 0 Å². The van der Waals surface area contributed by atoms with Crippen LogP contribution in [0.25, 0.3) is 0 Å². The van der Waals surface area contributed by atoms with Crippen molar-refractivity contribution in [1.82, 2.24) is 0 Å². The lowest BCUT2D eigenvalue weighted by Gasteiger charge is -2.18. The molecule has 0 atom stereocenters.